The van der Waals surface area contributed by atoms with Gasteiger partial charge in [0.25, 0.3) is 11.8 Å². The van der Waals surface area contributed by atoms with E-state index in [2.05, 4.69) is 27.3 Å². The van der Waals surface area contributed by atoms with Crippen LogP contribution < -0.4 is 15.4 Å². The summed E-state index contributed by atoms with van der Waals surface area (Å²) < 4.78 is 35.5. The van der Waals surface area contributed by atoms with Gasteiger partial charge in [-0.25, -0.2) is 18.4 Å². The molecule has 178 valence electrons. The molecule has 2 N–H and O–H groups in total. The number of nitrogens with one attached hydrogen (secondary N) is 2. The molecule has 0 aliphatic heterocycles. The highest BCUT2D eigenvalue weighted by Gasteiger charge is 2.29. The summed E-state index contributed by atoms with van der Waals surface area (Å²) in [4.78, 5) is 28.4. The topological polar surface area (TPSA) is 98.1 Å². The summed E-state index contributed by atoms with van der Waals surface area (Å²) in [5.74, 6) is -1.43. The first-order chi connectivity index (χ1) is 15.5. The van der Waals surface area contributed by atoms with Crippen molar-refractivity contribution in [1.29, 1.82) is 0 Å². The van der Waals surface area contributed by atoms with Crippen LogP contribution >= 0.6 is 0 Å². The van der Waals surface area contributed by atoms with Crippen molar-refractivity contribution in [3.63, 3.8) is 0 Å². The predicted octanol–water partition coefficient (Wildman–Crippen LogP) is 3.13. The Morgan fingerprint density at radius 1 is 1.30 bits per heavy atom. The number of aromatic nitrogens is 3. The minimum atomic E-state index is -1.81. The maximum absolute atomic E-state index is 14.4. The zero-order valence-electron chi connectivity index (χ0n) is 19.3. The number of alkyl halides is 1. The molecule has 2 amide bonds. The van der Waals surface area contributed by atoms with Gasteiger partial charge in [0.2, 0.25) is 5.91 Å². The van der Waals surface area contributed by atoms with E-state index in [1.807, 2.05) is 0 Å². The standard InChI is InChI=1S/C23H29F2N5O3/c1-13(2)23(5,25)11-33-22-18(24)9-17(15(4)28-22)10-26-21(32)19-8-14(3)30(29-19)12-27-20(31)16-6-7-16/h8-9,16H,1,6-7,10-12H2,2-5H3,(H,26,32)(H,27,31). The normalized spacial score (nSPS) is 15.0. The first-order valence-electron chi connectivity index (χ1n) is 10.7. The second kappa shape index (κ2) is 9.68. The van der Waals surface area contributed by atoms with Gasteiger partial charge in [0.05, 0.1) is 0 Å². The molecule has 2 heterocycles. The molecule has 1 atom stereocenters. The lowest BCUT2D eigenvalue weighted by Crippen LogP contribution is -2.29. The van der Waals surface area contributed by atoms with Crippen molar-refractivity contribution >= 4 is 11.8 Å². The van der Waals surface area contributed by atoms with Crippen molar-refractivity contribution in [2.75, 3.05) is 6.61 Å². The average Bonchev–Trinajstić information content (AvgIpc) is 3.53. The van der Waals surface area contributed by atoms with Crippen molar-refractivity contribution in [2.24, 2.45) is 5.92 Å². The minimum Gasteiger partial charge on any atom is -0.472 e. The van der Waals surface area contributed by atoms with Crippen molar-refractivity contribution in [1.82, 2.24) is 25.4 Å². The van der Waals surface area contributed by atoms with Crippen LogP contribution in [0.2, 0.25) is 0 Å². The molecule has 1 aliphatic rings. The lowest BCUT2D eigenvalue weighted by atomic mass is 10.0. The number of carbonyl (C=O) groups is 2. The Kier molecular flexibility index (Phi) is 7.14. The van der Waals surface area contributed by atoms with Crippen molar-refractivity contribution in [3.05, 3.63) is 52.7 Å². The number of carbonyl (C=O) groups excluding carboxylic acids is 2. The highest BCUT2D eigenvalue weighted by atomic mass is 19.1. The number of nitrogens with zero attached hydrogens (tertiary/aromatic N) is 3. The first kappa shape index (κ1) is 24.3. The molecule has 0 radical (unpaired) electrons. The highest BCUT2D eigenvalue weighted by molar-refractivity contribution is 5.92. The van der Waals surface area contributed by atoms with E-state index in [4.69, 9.17) is 4.74 Å². The minimum absolute atomic E-state index is 0.0101. The number of hydrogen-bond acceptors (Lipinski definition) is 5. The largest absolute Gasteiger partial charge is 0.472 e. The van der Waals surface area contributed by atoms with E-state index in [9.17, 15) is 18.4 Å². The molecule has 33 heavy (non-hydrogen) atoms. The third kappa shape index (κ3) is 6.15. The van der Waals surface area contributed by atoms with Crippen molar-refractivity contribution in [2.45, 2.75) is 59.4 Å². The molecule has 10 heteroatoms. The van der Waals surface area contributed by atoms with Gasteiger partial charge in [0.15, 0.2) is 17.2 Å². The molecule has 0 saturated heterocycles. The second-order valence-electron chi connectivity index (χ2n) is 8.61. The molecule has 1 saturated carbocycles. The van der Waals surface area contributed by atoms with E-state index in [1.165, 1.54) is 24.6 Å². The zero-order valence-corrected chi connectivity index (χ0v) is 19.3. The monoisotopic (exact) mass is 461 g/mol. The van der Waals surface area contributed by atoms with Gasteiger partial charge < -0.3 is 15.4 Å². The molecule has 1 aliphatic carbocycles. The first-order valence-corrected chi connectivity index (χ1v) is 10.7. The SMILES string of the molecule is C=C(C)C(C)(F)COc1nc(C)c(CNC(=O)c2cc(C)n(CNC(=O)C3CC3)n2)cc1F. The highest BCUT2D eigenvalue weighted by Crippen LogP contribution is 2.28. The number of pyridine rings is 1. The maximum atomic E-state index is 14.4. The van der Waals surface area contributed by atoms with Crippen LogP contribution in [0.1, 0.15) is 54.1 Å². The van der Waals surface area contributed by atoms with Crippen LogP contribution in [0.3, 0.4) is 0 Å². The summed E-state index contributed by atoms with van der Waals surface area (Å²) in [5, 5.41) is 9.71. The summed E-state index contributed by atoms with van der Waals surface area (Å²) in [6.07, 6.45) is 1.81. The molecule has 3 rings (SSSR count). The van der Waals surface area contributed by atoms with Gasteiger partial charge in [-0.3, -0.25) is 9.59 Å². The number of amides is 2. The maximum Gasteiger partial charge on any atom is 0.272 e. The summed E-state index contributed by atoms with van der Waals surface area (Å²) in [7, 11) is 0. The van der Waals surface area contributed by atoms with Crippen LogP contribution in [0.5, 0.6) is 5.88 Å². The fourth-order valence-corrected chi connectivity index (χ4v) is 2.89. The Morgan fingerprint density at radius 3 is 2.64 bits per heavy atom. The van der Waals surface area contributed by atoms with Crippen LogP contribution in [0.15, 0.2) is 24.3 Å². The van der Waals surface area contributed by atoms with Crippen LogP contribution in [0.25, 0.3) is 0 Å². The third-order valence-electron chi connectivity index (χ3n) is 5.61. The summed E-state index contributed by atoms with van der Waals surface area (Å²) >= 11 is 0. The Hall–Kier alpha value is -3.30. The molecule has 8 nitrogen and oxygen atoms in total. The van der Waals surface area contributed by atoms with Gasteiger partial charge in [-0.05, 0) is 63.8 Å². The van der Waals surface area contributed by atoms with E-state index in [0.29, 0.717) is 11.3 Å². The van der Waals surface area contributed by atoms with Crippen molar-refractivity contribution in [3.8, 4) is 5.88 Å². The van der Waals surface area contributed by atoms with Gasteiger partial charge in [0.1, 0.15) is 13.3 Å². The molecule has 1 fully saturated rings. The quantitative estimate of drug-likeness (QED) is 0.530. The van der Waals surface area contributed by atoms with Crippen LogP contribution in [0, 0.1) is 25.6 Å². The number of ether oxygens (including phenoxy) is 1. The van der Waals surface area contributed by atoms with Gasteiger partial charge >= 0.3 is 0 Å². The van der Waals surface area contributed by atoms with Gasteiger partial charge in [0, 0.05) is 23.9 Å². The number of halogens is 2. The third-order valence-corrected chi connectivity index (χ3v) is 5.61. The van der Waals surface area contributed by atoms with Crippen LogP contribution in [0.4, 0.5) is 8.78 Å². The summed E-state index contributed by atoms with van der Waals surface area (Å²) in [6, 6.07) is 2.81. The molecule has 1 unspecified atom stereocenters. The lowest BCUT2D eigenvalue weighted by molar-refractivity contribution is -0.122. The number of aryl methyl sites for hydroxylation is 2. The predicted molar refractivity (Wildman–Crippen MR) is 118 cm³/mol. The fraction of sp³-hybridized carbons (Fsp3) is 0.478. The molecular weight excluding hydrogens is 432 g/mol. The second-order valence-corrected chi connectivity index (χ2v) is 8.61. The molecule has 2 aromatic heterocycles. The zero-order chi connectivity index (χ0) is 24.3. The molecule has 0 aromatic carbocycles. The lowest BCUT2D eigenvalue weighted by Gasteiger charge is -2.21. The van der Waals surface area contributed by atoms with Gasteiger partial charge in [-0.1, -0.05) is 6.58 Å². The summed E-state index contributed by atoms with van der Waals surface area (Å²) in [5.41, 5.74) is 0.243. The molecular formula is C23H29F2N5O3. The Bertz CT molecular complexity index is 1080. The molecule has 2 aromatic rings. The molecule has 0 spiro atoms. The van der Waals surface area contributed by atoms with E-state index in [1.54, 1.807) is 19.9 Å². The van der Waals surface area contributed by atoms with E-state index >= 15 is 0 Å². The number of hydrogen-bond donors (Lipinski definition) is 2. The Morgan fingerprint density at radius 2 is 2.00 bits per heavy atom. The van der Waals surface area contributed by atoms with E-state index in [-0.39, 0.29) is 42.2 Å². The fourth-order valence-electron chi connectivity index (χ4n) is 2.89. The molecule has 0 bridgehead atoms. The van der Waals surface area contributed by atoms with Crippen LogP contribution in [-0.2, 0) is 18.0 Å². The summed E-state index contributed by atoms with van der Waals surface area (Å²) in [6.45, 7) is 9.61. The van der Waals surface area contributed by atoms with E-state index < -0.39 is 24.0 Å². The Labute approximate surface area is 191 Å². The van der Waals surface area contributed by atoms with Gasteiger partial charge in [-0.15, -0.1) is 0 Å². The average molecular weight is 462 g/mol. The number of rotatable bonds is 10. The van der Waals surface area contributed by atoms with Gasteiger partial charge in [-0.2, -0.15) is 5.10 Å². The Balaban J connectivity index is 1.58. The smallest absolute Gasteiger partial charge is 0.272 e. The van der Waals surface area contributed by atoms with Crippen molar-refractivity contribution < 1.29 is 23.1 Å². The van der Waals surface area contributed by atoms with E-state index in [0.717, 1.165) is 18.5 Å². The van der Waals surface area contributed by atoms with Crippen LogP contribution in [-0.4, -0.2) is 38.9 Å².